The highest BCUT2D eigenvalue weighted by atomic mass is 16.5. The molecule has 0 aliphatic heterocycles. The van der Waals surface area contributed by atoms with Gasteiger partial charge in [-0.1, -0.05) is 24.3 Å². The Balaban J connectivity index is 1.99. The molecule has 2 aromatic carbocycles. The van der Waals surface area contributed by atoms with E-state index in [-0.39, 0.29) is 5.97 Å². The summed E-state index contributed by atoms with van der Waals surface area (Å²) in [6.45, 7) is 2.12. The van der Waals surface area contributed by atoms with Crippen LogP contribution in [0.1, 0.15) is 17.3 Å². The molecular formula is C19H18N2O3. The van der Waals surface area contributed by atoms with E-state index in [4.69, 9.17) is 9.47 Å². The number of aromatic nitrogens is 1. The fourth-order valence-corrected chi connectivity index (χ4v) is 2.47. The van der Waals surface area contributed by atoms with Crippen LogP contribution in [0.4, 0.5) is 11.5 Å². The molecule has 24 heavy (non-hydrogen) atoms. The van der Waals surface area contributed by atoms with Crippen LogP contribution < -0.4 is 10.1 Å². The van der Waals surface area contributed by atoms with Crippen molar-refractivity contribution in [2.24, 2.45) is 0 Å². The maximum atomic E-state index is 12.1. The second kappa shape index (κ2) is 7.00. The van der Waals surface area contributed by atoms with Gasteiger partial charge in [0.2, 0.25) is 0 Å². The standard InChI is InChI=1S/C19H18N2O3/c1-3-24-19(22)17-12-20-18(16-7-5-4-6-15(16)17)21-13-8-10-14(23-2)11-9-13/h4-12H,3H2,1-2H3,(H,20,21). The fourth-order valence-electron chi connectivity index (χ4n) is 2.47. The molecule has 122 valence electrons. The van der Waals surface area contributed by atoms with Gasteiger partial charge in [-0.3, -0.25) is 0 Å². The quantitative estimate of drug-likeness (QED) is 0.715. The van der Waals surface area contributed by atoms with Gasteiger partial charge in [-0.25, -0.2) is 9.78 Å². The Kier molecular flexibility index (Phi) is 4.61. The summed E-state index contributed by atoms with van der Waals surface area (Å²) in [5, 5.41) is 4.95. The average molecular weight is 322 g/mol. The largest absolute Gasteiger partial charge is 0.497 e. The number of ether oxygens (including phenoxy) is 2. The highest BCUT2D eigenvalue weighted by Gasteiger charge is 2.14. The predicted molar refractivity (Wildman–Crippen MR) is 94.0 cm³/mol. The van der Waals surface area contributed by atoms with Crippen molar-refractivity contribution in [3.05, 3.63) is 60.3 Å². The van der Waals surface area contributed by atoms with Crippen LogP contribution in [0.25, 0.3) is 10.8 Å². The number of pyridine rings is 1. The lowest BCUT2D eigenvalue weighted by Gasteiger charge is -2.12. The molecule has 0 aliphatic carbocycles. The normalized spacial score (nSPS) is 10.4. The molecule has 3 rings (SSSR count). The maximum Gasteiger partial charge on any atom is 0.340 e. The Morgan fingerprint density at radius 1 is 1.08 bits per heavy atom. The third-order valence-corrected chi connectivity index (χ3v) is 3.64. The molecule has 5 heteroatoms. The Labute approximate surface area is 140 Å². The van der Waals surface area contributed by atoms with Crippen molar-refractivity contribution >= 4 is 28.2 Å². The van der Waals surface area contributed by atoms with E-state index < -0.39 is 0 Å². The smallest absolute Gasteiger partial charge is 0.340 e. The first kappa shape index (κ1) is 15.8. The zero-order valence-corrected chi connectivity index (χ0v) is 13.6. The van der Waals surface area contributed by atoms with Gasteiger partial charge in [0.1, 0.15) is 11.6 Å². The second-order valence-corrected chi connectivity index (χ2v) is 5.14. The van der Waals surface area contributed by atoms with E-state index in [0.717, 1.165) is 22.2 Å². The average Bonchev–Trinajstić information content (AvgIpc) is 2.63. The molecule has 0 atom stereocenters. The summed E-state index contributed by atoms with van der Waals surface area (Å²) in [7, 11) is 1.63. The summed E-state index contributed by atoms with van der Waals surface area (Å²) in [4.78, 5) is 16.5. The molecule has 0 spiro atoms. The van der Waals surface area contributed by atoms with Crippen molar-refractivity contribution in [1.82, 2.24) is 4.98 Å². The number of rotatable bonds is 5. The van der Waals surface area contributed by atoms with Gasteiger partial charge in [0.05, 0.1) is 19.3 Å². The van der Waals surface area contributed by atoms with Crippen LogP contribution in [-0.2, 0) is 4.74 Å². The number of esters is 1. The summed E-state index contributed by atoms with van der Waals surface area (Å²) in [5.41, 5.74) is 1.35. The summed E-state index contributed by atoms with van der Waals surface area (Å²) < 4.78 is 10.3. The van der Waals surface area contributed by atoms with E-state index in [2.05, 4.69) is 10.3 Å². The summed E-state index contributed by atoms with van der Waals surface area (Å²) in [6, 6.07) is 15.2. The number of carbonyl (C=O) groups is 1. The van der Waals surface area contributed by atoms with Crippen molar-refractivity contribution in [2.75, 3.05) is 19.0 Å². The third kappa shape index (κ3) is 3.15. The number of carbonyl (C=O) groups excluding carboxylic acids is 1. The molecule has 0 saturated heterocycles. The number of anilines is 2. The molecule has 0 amide bonds. The van der Waals surface area contributed by atoms with E-state index in [1.165, 1.54) is 0 Å². The number of hydrogen-bond acceptors (Lipinski definition) is 5. The lowest BCUT2D eigenvalue weighted by atomic mass is 10.1. The SMILES string of the molecule is CCOC(=O)c1cnc(Nc2ccc(OC)cc2)c2ccccc12. The van der Waals surface area contributed by atoms with E-state index in [1.54, 1.807) is 20.2 Å². The molecule has 1 aromatic heterocycles. The monoisotopic (exact) mass is 322 g/mol. The Bertz CT molecular complexity index is 860. The first-order valence-electron chi connectivity index (χ1n) is 7.69. The van der Waals surface area contributed by atoms with E-state index in [0.29, 0.717) is 18.0 Å². The van der Waals surface area contributed by atoms with Gasteiger partial charge < -0.3 is 14.8 Å². The molecule has 5 nitrogen and oxygen atoms in total. The van der Waals surface area contributed by atoms with Crippen molar-refractivity contribution in [2.45, 2.75) is 6.92 Å². The van der Waals surface area contributed by atoms with Gasteiger partial charge in [0.15, 0.2) is 0 Å². The van der Waals surface area contributed by atoms with Crippen LogP contribution in [0.2, 0.25) is 0 Å². The fraction of sp³-hybridized carbons (Fsp3) is 0.158. The first-order chi connectivity index (χ1) is 11.7. The second-order valence-electron chi connectivity index (χ2n) is 5.14. The lowest BCUT2D eigenvalue weighted by molar-refractivity contribution is 0.0528. The Morgan fingerprint density at radius 3 is 2.46 bits per heavy atom. The van der Waals surface area contributed by atoms with Crippen molar-refractivity contribution in [3.63, 3.8) is 0 Å². The lowest BCUT2D eigenvalue weighted by Crippen LogP contribution is -2.07. The molecule has 1 heterocycles. The third-order valence-electron chi connectivity index (χ3n) is 3.64. The first-order valence-corrected chi connectivity index (χ1v) is 7.69. The van der Waals surface area contributed by atoms with Gasteiger partial charge in [0.25, 0.3) is 0 Å². The topological polar surface area (TPSA) is 60.5 Å². The summed E-state index contributed by atoms with van der Waals surface area (Å²) in [5.74, 6) is 1.11. The van der Waals surface area contributed by atoms with Crippen LogP contribution in [0, 0.1) is 0 Å². The van der Waals surface area contributed by atoms with Gasteiger partial charge in [-0.15, -0.1) is 0 Å². The molecular weight excluding hydrogens is 304 g/mol. The predicted octanol–water partition coefficient (Wildman–Crippen LogP) is 4.16. The minimum atomic E-state index is -0.364. The van der Waals surface area contributed by atoms with E-state index in [9.17, 15) is 4.79 Å². The van der Waals surface area contributed by atoms with Crippen LogP contribution in [0.3, 0.4) is 0 Å². The maximum absolute atomic E-state index is 12.1. The number of methoxy groups -OCH3 is 1. The van der Waals surface area contributed by atoms with Crippen molar-refractivity contribution < 1.29 is 14.3 Å². The molecule has 0 unspecified atom stereocenters. The summed E-state index contributed by atoms with van der Waals surface area (Å²) >= 11 is 0. The van der Waals surface area contributed by atoms with E-state index in [1.807, 2.05) is 48.5 Å². The molecule has 0 fully saturated rings. The van der Waals surface area contributed by atoms with Crippen molar-refractivity contribution in [1.29, 1.82) is 0 Å². The Morgan fingerprint density at radius 2 is 1.79 bits per heavy atom. The molecule has 0 aliphatic rings. The van der Waals surface area contributed by atoms with E-state index >= 15 is 0 Å². The van der Waals surface area contributed by atoms with Gasteiger partial charge in [-0.2, -0.15) is 0 Å². The number of fused-ring (bicyclic) bond motifs is 1. The highest BCUT2D eigenvalue weighted by molar-refractivity contribution is 6.07. The van der Waals surface area contributed by atoms with Gasteiger partial charge in [-0.05, 0) is 31.2 Å². The highest BCUT2D eigenvalue weighted by Crippen LogP contribution is 2.28. The summed E-state index contributed by atoms with van der Waals surface area (Å²) in [6.07, 6.45) is 1.55. The van der Waals surface area contributed by atoms with Crippen LogP contribution in [0.5, 0.6) is 5.75 Å². The molecule has 0 bridgehead atoms. The Hall–Kier alpha value is -3.08. The number of nitrogens with zero attached hydrogens (tertiary/aromatic N) is 1. The number of benzene rings is 2. The van der Waals surface area contributed by atoms with Crippen LogP contribution in [-0.4, -0.2) is 24.7 Å². The zero-order chi connectivity index (χ0) is 16.9. The zero-order valence-electron chi connectivity index (χ0n) is 13.6. The molecule has 3 aromatic rings. The minimum Gasteiger partial charge on any atom is -0.497 e. The number of hydrogen-bond donors (Lipinski definition) is 1. The molecule has 1 N–H and O–H groups in total. The number of nitrogens with one attached hydrogen (secondary N) is 1. The van der Waals surface area contributed by atoms with Crippen LogP contribution in [0.15, 0.2) is 54.7 Å². The van der Waals surface area contributed by atoms with Gasteiger partial charge in [0, 0.05) is 22.7 Å². The van der Waals surface area contributed by atoms with Gasteiger partial charge >= 0.3 is 5.97 Å². The minimum absolute atomic E-state index is 0.332. The van der Waals surface area contributed by atoms with Crippen LogP contribution >= 0.6 is 0 Å². The van der Waals surface area contributed by atoms with Crippen molar-refractivity contribution in [3.8, 4) is 5.75 Å². The molecule has 0 saturated carbocycles. The molecule has 0 radical (unpaired) electrons.